The third-order valence-corrected chi connectivity index (χ3v) is 3.35. The van der Waals surface area contributed by atoms with Crippen LogP contribution in [-0.4, -0.2) is 20.8 Å². The Bertz CT molecular complexity index is 581. The van der Waals surface area contributed by atoms with Crippen molar-refractivity contribution in [3.8, 4) is 11.5 Å². The summed E-state index contributed by atoms with van der Waals surface area (Å²) in [5, 5.41) is 0. The molecule has 0 heterocycles. The first-order valence-electron chi connectivity index (χ1n) is 7.26. The highest BCUT2D eigenvalue weighted by atomic mass is 19.1. The number of para-hydroxylation sites is 1. The molecular formula is C18H21FO3. The summed E-state index contributed by atoms with van der Waals surface area (Å²) in [6.07, 6.45) is 1.69. The summed E-state index contributed by atoms with van der Waals surface area (Å²) in [4.78, 5) is 0. The number of benzene rings is 2. The largest absolute Gasteiger partial charge is 0.493 e. The fourth-order valence-corrected chi connectivity index (χ4v) is 2.26. The van der Waals surface area contributed by atoms with Gasteiger partial charge in [-0.3, -0.25) is 0 Å². The van der Waals surface area contributed by atoms with Crippen LogP contribution in [0.1, 0.15) is 17.5 Å². The standard InChI is InChI=1S/C18H21FO3/c1-20-13-15-6-3-7-17(21-2)18(15)22-12-4-5-14-8-10-16(19)11-9-14/h3,6-11H,4-5,12-13H2,1-2H3. The zero-order valence-electron chi connectivity index (χ0n) is 13.0. The highest BCUT2D eigenvalue weighted by Crippen LogP contribution is 2.31. The van der Waals surface area contributed by atoms with E-state index in [1.54, 1.807) is 26.4 Å². The lowest BCUT2D eigenvalue weighted by atomic mass is 10.1. The maximum absolute atomic E-state index is 12.8. The lowest BCUT2D eigenvalue weighted by Gasteiger charge is -2.14. The van der Waals surface area contributed by atoms with Gasteiger partial charge < -0.3 is 14.2 Å². The van der Waals surface area contributed by atoms with Gasteiger partial charge in [0.1, 0.15) is 5.82 Å². The highest BCUT2D eigenvalue weighted by Gasteiger charge is 2.10. The third kappa shape index (κ3) is 4.46. The third-order valence-electron chi connectivity index (χ3n) is 3.35. The normalized spacial score (nSPS) is 10.5. The molecule has 0 aliphatic carbocycles. The fourth-order valence-electron chi connectivity index (χ4n) is 2.26. The number of rotatable bonds is 8. The molecule has 0 aromatic heterocycles. The van der Waals surface area contributed by atoms with Crippen LogP contribution in [0.15, 0.2) is 42.5 Å². The maximum Gasteiger partial charge on any atom is 0.166 e. The van der Waals surface area contributed by atoms with E-state index in [0.29, 0.717) is 19.0 Å². The summed E-state index contributed by atoms with van der Waals surface area (Å²) >= 11 is 0. The molecule has 0 amide bonds. The van der Waals surface area contributed by atoms with E-state index < -0.39 is 0 Å². The molecule has 0 aliphatic heterocycles. The Hall–Kier alpha value is -2.07. The smallest absolute Gasteiger partial charge is 0.166 e. The van der Waals surface area contributed by atoms with Crippen molar-refractivity contribution in [2.75, 3.05) is 20.8 Å². The van der Waals surface area contributed by atoms with Crippen LogP contribution in [0.4, 0.5) is 4.39 Å². The van der Waals surface area contributed by atoms with Crippen LogP contribution in [0.3, 0.4) is 0 Å². The van der Waals surface area contributed by atoms with Crippen molar-refractivity contribution in [2.45, 2.75) is 19.4 Å². The number of methoxy groups -OCH3 is 2. The summed E-state index contributed by atoms with van der Waals surface area (Å²) in [7, 11) is 3.27. The number of aryl methyl sites for hydroxylation is 1. The van der Waals surface area contributed by atoms with E-state index in [9.17, 15) is 4.39 Å². The van der Waals surface area contributed by atoms with E-state index in [1.165, 1.54) is 12.1 Å². The van der Waals surface area contributed by atoms with Crippen LogP contribution in [0.25, 0.3) is 0 Å². The Labute approximate surface area is 130 Å². The summed E-state index contributed by atoms with van der Waals surface area (Å²) in [5.41, 5.74) is 2.06. The molecule has 4 heteroatoms. The second kappa shape index (κ2) is 8.39. The predicted octanol–water partition coefficient (Wildman–Crippen LogP) is 3.99. The molecule has 3 nitrogen and oxygen atoms in total. The van der Waals surface area contributed by atoms with Gasteiger partial charge in [-0.2, -0.15) is 0 Å². The van der Waals surface area contributed by atoms with Gasteiger partial charge in [-0.25, -0.2) is 4.39 Å². The molecule has 2 rings (SSSR count). The van der Waals surface area contributed by atoms with Gasteiger partial charge >= 0.3 is 0 Å². The molecule has 0 fully saturated rings. The average Bonchev–Trinajstić information content (AvgIpc) is 2.54. The predicted molar refractivity (Wildman–Crippen MR) is 83.9 cm³/mol. The van der Waals surface area contributed by atoms with Crippen LogP contribution in [0.5, 0.6) is 11.5 Å². The molecule has 118 valence electrons. The number of hydrogen-bond donors (Lipinski definition) is 0. The summed E-state index contributed by atoms with van der Waals surface area (Å²) < 4.78 is 29.2. The highest BCUT2D eigenvalue weighted by molar-refractivity contribution is 5.46. The lowest BCUT2D eigenvalue weighted by Crippen LogP contribution is -2.04. The molecule has 2 aromatic rings. The summed E-state index contributed by atoms with van der Waals surface area (Å²) in [6, 6.07) is 12.3. The zero-order valence-corrected chi connectivity index (χ0v) is 13.0. The Balaban J connectivity index is 1.91. The minimum absolute atomic E-state index is 0.210. The van der Waals surface area contributed by atoms with Gasteiger partial charge in [0.15, 0.2) is 11.5 Å². The fraction of sp³-hybridized carbons (Fsp3) is 0.333. The first-order chi connectivity index (χ1) is 10.7. The van der Waals surface area contributed by atoms with Gasteiger partial charge in [0.2, 0.25) is 0 Å². The quantitative estimate of drug-likeness (QED) is 0.690. The van der Waals surface area contributed by atoms with Crippen molar-refractivity contribution in [2.24, 2.45) is 0 Å². The second-order valence-corrected chi connectivity index (χ2v) is 4.96. The van der Waals surface area contributed by atoms with E-state index in [4.69, 9.17) is 14.2 Å². The molecule has 0 aliphatic rings. The lowest BCUT2D eigenvalue weighted by molar-refractivity contribution is 0.178. The van der Waals surface area contributed by atoms with Gasteiger partial charge in [0, 0.05) is 12.7 Å². The number of ether oxygens (including phenoxy) is 3. The molecule has 0 radical (unpaired) electrons. The number of hydrogen-bond acceptors (Lipinski definition) is 3. The van der Waals surface area contributed by atoms with E-state index in [0.717, 1.165) is 29.7 Å². The molecule has 0 saturated carbocycles. The maximum atomic E-state index is 12.8. The van der Waals surface area contributed by atoms with Gasteiger partial charge in [0.05, 0.1) is 20.3 Å². The summed E-state index contributed by atoms with van der Waals surface area (Å²) in [6.45, 7) is 1.04. The van der Waals surface area contributed by atoms with Crippen LogP contribution in [0.2, 0.25) is 0 Å². The molecule has 0 N–H and O–H groups in total. The van der Waals surface area contributed by atoms with Crippen LogP contribution < -0.4 is 9.47 Å². The first kappa shape index (κ1) is 16.3. The molecule has 0 spiro atoms. The molecule has 0 unspecified atom stereocenters. The Morgan fingerprint density at radius 2 is 1.77 bits per heavy atom. The van der Waals surface area contributed by atoms with Crippen molar-refractivity contribution in [1.29, 1.82) is 0 Å². The van der Waals surface area contributed by atoms with Crippen molar-refractivity contribution >= 4 is 0 Å². The Kier molecular flexibility index (Phi) is 6.22. The van der Waals surface area contributed by atoms with Crippen molar-refractivity contribution in [3.63, 3.8) is 0 Å². The van der Waals surface area contributed by atoms with Crippen LogP contribution in [0, 0.1) is 5.82 Å². The molecule has 0 atom stereocenters. The Morgan fingerprint density at radius 3 is 2.45 bits per heavy atom. The SMILES string of the molecule is COCc1cccc(OC)c1OCCCc1ccc(F)cc1. The molecule has 2 aromatic carbocycles. The van der Waals surface area contributed by atoms with Gasteiger partial charge in [-0.05, 0) is 36.6 Å². The second-order valence-electron chi connectivity index (χ2n) is 4.96. The minimum Gasteiger partial charge on any atom is -0.493 e. The molecule has 22 heavy (non-hydrogen) atoms. The summed E-state index contributed by atoms with van der Waals surface area (Å²) in [5.74, 6) is 1.22. The van der Waals surface area contributed by atoms with E-state index >= 15 is 0 Å². The average molecular weight is 304 g/mol. The van der Waals surface area contributed by atoms with Crippen molar-refractivity contribution in [3.05, 3.63) is 59.4 Å². The van der Waals surface area contributed by atoms with Crippen LogP contribution >= 0.6 is 0 Å². The molecule has 0 bridgehead atoms. The topological polar surface area (TPSA) is 27.7 Å². The monoisotopic (exact) mass is 304 g/mol. The van der Waals surface area contributed by atoms with E-state index in [-0.39, 0.29) is 5.82 Å². The van der Waals surface area contributed by atoms with E-state index in [2.05, 4.69) is 0 Å². The zero-order chi connectivity index (χ0) is 15.8. The van der Waals surface area contributed by atoms with Gasteiger partial charge in [0.25, 0.3) is 0 Å². The van der Waals surface area contributed by atoms with Gasteiger partial charge in [-0.15, -0.1) is 0 Å². The van der Waals surface area contributed by atoms with Crippen molar-refractivity contribution in [1.82, 2.24) is 0 Å². The van der Waals surface area contributed by atoms with Gasteiger partial charge in [-0.1, -0.05) is 24.3 Å². The molecular weight excluding hydrogens is 283 g/mol. The molecule has 0 saturated heterocycles. The first-order valence-corrected chi connectivity index (χ1v) is 7.26. The van der Waals surface area contributed by atoms with Crippen molar-refractivity contribution < 1.29 is 18.6 Å². The number of halogens is 1. The van der Waals surface area contributed by atoms with Crippen LogP contribution in [-0.2, 0) is 17.8 Å². The van der Waals surface area contributed by atoms with E-state index in [1.807, 2.05) is 18.2 Å². The minimum atomic E-state index is -0.210. The Morgan fingerprint density at radius 1 is 1.00 bits per heavy atom.